The van der Waals surface area contributed by atoms with Gasteiger partial charge in [0.2, 0.25) is 11.9 Å². The van der Waals surface area contributed by atoms with E-state index < -0.39 is 12.0 Å². The van der Waals surface area contributed by atoms with Crippen molar-refractivity contribution in [3.05, 3.63) is 11.8 Å². The summed E-state index contributed by atoms with van der Waals surface area (Å²) in [4.78, 5) is 36.5. The molecule has 1 atom stereocenters. The van der Waals surface area contributed by atoms with Crippen molar-refractivity contribution in [2.24, 2.45) is 11.3 Å². The lowest BCUT2D eigenvalue weighted by molar-refractivity contribution is -0.148. The van der Waals surface area contributed by atoms with Crippen molar-refractivity contribution in [1.29, 1.82) is 0 Å². The van der Waals surface area contributed by atoms with Gasteiger partial charge in [-0.1, -0.05) is 0 Å². The van der Waals surface area contributed by atoms with Crippen LogP contribution in [-0.4, -0.2) is 57.5 Å². The van der Waals surface area contributed by atoms with Gasteiger partial charge >= 0.3 is 5.97 Å². The highest BCUT2D eigenvalue weighted by atomic mass is 16.4. The number of likely N-dealkylation sites (tertiary alicyclic amines) is 1. The predicted molar refractivity (Wildman–Crippen MR) is 95.5 cm³/mol. The maximum absolute atomic E-state index is 12.5. The minimum atomic E-state index is -0.877. The zero-order valence-electron chi connectivity index (χ0n) is 15.0. The van der Waals surface area contributed by atoms with E-state index >= 15 is 0 Å². The molecule has 3 fully saturated rings. The highest BCUT2D eigenvalue weighted by Gasteiger charge is 2.51. The van der Waals surface area contributed by atoms with Gasteiger partial charge in [-0.2, -0.15) is 4.98 Å². The Morgan fingerprint density at radius 1 is 1.27 bits per heavy atom. The van der Waals surface area contributed by atoms with Gasteiger partial charge in [-0.3, -0.25) is 4.79 Å². The van der Waals surface area contributed by atoms with Crippen LogP contribution in [0.5, 0.6) is 0 Å². The van der Waals surface area contributed by atoms with Crippen molar-refractivity contribution in [3.63, 3.8) is 0 Å². The van der Waals surface area contributed by atoms with E-state index in [9.17, 15) is 14.7 Å². The number of carbonyl (C=O) groups excluding carboxylic acids is 1. The van der Waals surface area contributed by atoms with Crippen LogP contribution in [0.2, 0.25) is 0 Å². The van der Waals surface area contributed by atoms with E-state index in [0.29, 0.717) is 13.0 Å². The van der Waals surface area contributed by atoms with Crippen molar-refractivity contribution < 1.29 is 14.7 Å². The Balaban J connectivity index is 1.47. The van der Waals surface area contributed by atoms with Gasteiger partial charge in [0.05, 0.1) is 0 Å². The molecule has 2 aliphatic heterocycles. The fraction of sp³-hybridized carbons (Fsp3) is 0.667. The van der Waals surface area contributed by atoms with Crippen LogP contribution >= 0.6 is 0 Å². The molecular weight excluding hydrogens is 334 g/mol. The van der Waals surface area contributed by atoms with E-state index in [1.165, 1.54) is 0 Å². The first-order valence-electron chi connectivity index (χ1n) is 9.26. The van der Waals surface area contributed by atoms with Crippen molar-refractivity contribution in [1.82, 2.24) is 14.9 Å². The molecule has 2 saturated heterocycles. The quantitative estimate of drug-likeness (QED) is 0.829. The molecule has 3 N–H and O–H groups in total. The second-order valence-electron chi connectivity index (χ2n) is 8.01. The molecule has 140 valence electrons. The van der Waals surface area contributed by atoms with E-state index in [1.807, 2.05) is 13.0 Å². The number of nitrogens with zero attached hydrogens (tertiary/aromatic N) is 4. The Labute approximate surface area is 152 Å². The molecule has 1 aliphatic carbocycles. The molecule has 0 aromatic carbocycles. The lowest BCUT2D eigenvalue weighted by Gasteiger charge is -2.39. The Bertz CT molecular complexity index is 720. The zero-order chi connectivity index (χ0) is 18.5. The smallest absolute Gasteiger partial charge is 0.326 e. The summed E-state index contributed by atoms with van der Waals surface area (Å²) in [5.41, 5.74) is 6.50. The normalized spacial score (nSPS) is 24.9. The molecule has 1 saturated carbocycles. The molecule has 1 aromatic rings. The minimum absolute atomic E-state index is 0.0379. The number of carboxylic acids is 1. The number of nitrogen functional groups attached to an aromatic ring is 1. The third-order valence-corrected chi connectivity index (χ3v) is 6.01. The number of hydrogen-bond acceptors (Lipinski definition) is 6. The Morgan fingerprint density at radius 3 is 2.54 bits per heavy atom. The molecule has 0 unspecified atom stereocenters. The fourth-order valence-corrected chi connectivity index (χ4v) is 4.38. The molecule has 8 nitrogen and oxygen atoms in total. The summed E-state index contributed by atoms with van der Waals surface area (Å²) in [5.74, 6) is 0.310. The van der Waals surface area contributed by atoms with E-state index in [2.05, 4.69) is 14.9 Å². The first-order valence-corrected chi connectivity index (χ1v) is 9.26. The number of amides is 1. The van der Waals surface area contributed by atoms with Gasteiger partial charge in [0.1, 0.15) is 11.9 Å². The van der Waals surface area contributed by atoms with Crippen molar-refractivity contribution in [2.45, 2.75) is 45.1 Å². The average Bonchev–Trinajstić information content (AvgIpc) is 3.36. The van der Waals surface area contributed by atoms with Crippen molar-refractivity contribution >= 4 is 23.6 Å². The number of aromatic nitrogens is 2. The van der Waals surface area contributed by atoms with Crippen LogP contribution < -0.4 is 10.6 Å². The van der Waals surface area contributed by atoms with E-state index in [0.717, 1.165) is 50.3 Å². The number of hydrogen-bond donors (Lipinski definition) is 2. The molecule has 4 rings (SSSR count). The highest BCUT2D eigenvalue weighted by molar-refractivity contribution is 5.87. The minimum Gasteiger partial charge on any atom is -0.480 e. The maximum Gasteiger partial charge on any atom is 0.326 e. The largest absolute Gasteiger partial charge is 0.480 e. The molecule has 1 amide bonds. The molecule has 26 heavy (non-hydrogen) atoms. The second-order valence-corrected chi connectivity index (χ2v) is 8.01. The van der Waals surface area contributed by atoms with Gasteiger partial charge < -0.3 is 20.6 Å². The van der Waals surface area contributed by atoms with Crippen LogP contribution in [0.3, 0.4) is 0 Å². The first kappa shape index (κ1) is 17.1. The summed E-state index contributed by atoms with van der Waals surface area (Å²) in [6.45, 7) is 4.03. The Hall–Kier alpha value is -2.38. The summed E-state index contributed by atoms with van der Waals surface area (Å²) >= 11 is 0. The van der Waals surface area contributed by atoms with Gasteiger partial charge in [0.25, 0.3) is 0 Å². The molecular formula is C18H25N5O3. The lowest BCUT2D eigenvalue weighted by atomic mass is 9.76. The topological polar surface area (TPSA) is 113 Å². The SMILES string of the molecule is Cc1cc(N2CCC3(CC2)C[C@@H](C(=O)O)N(C(=O)C2CC2)C3)nc(N)n1. The number of carboxylic acid groups (broad SMARTS) is 1. The number of anilines is 2. The molecule has 8 heteroatoms. The first-order chi connectivity index (χ1) is 12.4. The van der Waals surface area contributed by atoms with Gasteiger partial charge in [-0.05, 0) is 44.4 Å². The summed E-state index contributed by atoms with van der Waals surface area (Å²) in [7, 11) is 0. The Morgan fingerprint density at radius 2 is 1.96 bits per heavy atom. The summed E-state index contributed by atoms with van der Waals surface area (Å²) < 4.78 is 0. The van der Waals surface area contributed by atoms with Crippen LogP contribution in [0, 0.1) is 18.3 Å². The molecule has 3 heterocycles. The number of aliphatic carboxylic acids is 1. The predicted octanol–water partition coefficient (Wildman–Crippen LogP) is 1.05. The fourth-order valence-electron chi connectivity index (χ4n) is 4.38. The average molecular weight is 359 g/mol. The molecule has 1 aromatic heterocycles. The van der Waals surface area contributed by atoms with Crippen molar-refractivity contribution in [3.8, 4) is 0 Å². The van der Waals surface area contributed by atoms with Crippen LogP contribution in [0.25, 0.3) is 0 Å². The molecule has 0 radical (unpaired) electrons. The monoisotopic (exact) mass is 359 g/mol. The van der Waals surface area contributed by atoms with Crippen LogP contribution in [0.4, 0.5) is 11.8 Å². The third kappa shape index (κ3) is 3.08. The van der Waals surface area contributed by atoms with E-state index in [1.54, 1.807) is 4.90 Å². The standard InChI is InChI=1S/C18H25N5O3/c1-11-8-14(21-17(19)20-11)22-6-4-18(5-7-22)9-13(16(25)26)23(10-18)15(24)12-2-3-12/h8,12-13H,2-7,9-10H2,1H3,(H,25,26)(H2,19,20,21)/t13-/m0/s1. The molecule has 1 spiro atoms. The molecule has 3 aliphatic rings. The maximum atomic E-state index is 12.5. The molecule has 0 bridgehead atoms. The number of aryl methyl sites for hydroxylation is 1. The third-order valence-electron chi connectivity index (χ3n) is 6.01. The summed E-state index contributed by atoms with van der Waals surface area (Å²) in [6, 6.07) is 1.25. The number of carbonyl (C=O) groups is 2. The van der Waals surface area contributed by atoms with Crippen molar-refractivity contribution in [2.75, 3.05) is 30.3 Å². The van der Waals surface area contributed by atoms with E-state index in [-0.39, 0.29) is 23.2 Å². The van der Waals surface area contributed by atoms with Gasteiger partial charge in [-0.15, -0.1) is 0 Å². The van der Waals surface area contributed by atoms with Gasteiger partial charge in [0, 0.05) is 37.3 Å². The van der Waals surface area contributed by atoms with E-state index in [4.69, 9.17) is 5.73 Å². The van der Waals surface area contributed by atoms with Gasteiger partial charge in [0.15, 0.2) is 0 Å². The zero-order valence-corrected chi connectivity index (χ0v) is 15.0. The lowest BCUT2D eigenvalue weighted by Crippen LogP contribution is -2.43. The Kier molecular flexibility index (Phi) is 4.00. The summed E-state index contributed by atoms with van der Waals surface area (Å²) in [5, 5.41) is 9.60. The summed E-state index contributed by atoms with van der Waals surface area (Å²) in [6.07, 6.45) is 4.07. The van der Waals surface area contributed by atoms with Gasteiger partial charge in [-0.25, -0.2) is 9.78 Å². The van der Waals surface area contributed by atoms with Crippen LogP contribution in [0.15, 0.2) is 6.07 Å². The highest BCUT2D eigenvalue weighted by Crippen LogP contribution is 2.46. The number of piperidine rings is 1. The number of rotatable bonds is 3. The van der Waals surface area contributed by atoms with Crippen LogP contribution in [0.1, 0.15) is 37.8 Å². The second kappa shape index (κ2) is 6.10. The number of nitrogens with two attached hydrogens (primary N) is 1. The van der Waals surface area contributed by atoms with Crippen LogP contribution in [-0.2, 0) is 9.59 Å².